The fourth-order valence-corrected chi connectivity index (χ4v) is 5.19. The van der Waals surface area contributed by atoms with E-state index in [4.69, 9.17) is 14.2 Å². The van der Waals surface area contributed by atoms with E-state index >= 15 is 0 Å². The Morgan fingerprint density at radius 3 is 2.62 bits per heavy atom. The summed E-state index contributed by atoms with van der Waals surface area (Å²) in [5.74, 6) is 0.978. The largest absolute Gasteiger partial charge is 0.454 e. The van der Waals surface area contributed by atoms with E-state index in [1.807, 2.05) is 37.3 Å². The van der Waals surface area contributed by atoms with Crippen LogP contribution >= 0.6 is 11.8 Å². The first-order valence-electron chi connectivity index (χ1n) is 10.4. The quantitative estimate of drug-likeness (QED) is 0.759. The van der Waals surface area contributed by atoms with Crippen LogP contribution in [0.4, 0.5) is 5.69 Å². The lowest BCUT2D eigenvalue weighted by molar-refractivity contribution is -0.127. The van der Waals surface area contributed by atoms with Gasteiger partial charge in [0.25, 0.3) is 5.91 Å². The molecule has 166 valence electrons. The first-order valence-corrected chi connectivity index (χ1v) is 11.3. The molecule has 0 unspecified atom stereocenters. The molecule has 1 N–H and O–H groups in total. The number of anilines is 1. The highest BCUT2D eigenvalue weighted by molar-refractivity contribution is 8.01. The van der Waals surface area contributed by atoms with E-state index in [9.17, 15) is 14.4 Å². The fraction of sp³-hybridized carbons (Fsp3) is 0.348. The molecule has 5 rings (SSSR count). The lowest BCUT2D eigenvalue weighted by atomic mass is 9.97. The van der Waals surface area contributed by atoms with Crippen molar-refractivity contribution in [2.45, 2.75) is 30.4 Å². The summed E-state index contributed by atoms with van der Waals surface area (Å²) in [6.45, 7) is 2.85. The smallest absolute Gasteiger partial charge is 0.250 e. The van der Waals surface area contributed by atoms with Gasteiger partial charge in [0.05, 0.1) is 10.5 Å². The van der Waals surface area contributed by atoms with Crippen LogP contribution in [-0.2, 0) is 27.3 Å². The van der Waals surface area contributed by atoms with E-state index in [1.54, 1.807) is 11.0 Å². The number of ketones is 1. The maximum atomic E-state index is 13.1. The third-order valence-corrected chi connectivity index (χ3v) is 7.05. The van der Waals surface area contributed by atoms with Gasteiger partial charge in [0.1, 0.15) is 13.3 Å². The molecule has 0 bridgehead atoms. The van der Waals surface area contributed by atoms with Crippen molar-refractivity contribution in [3.8, 4) is 11.5 Å². The van der Waals surface area contributed by atoms with Gasteiger partial charge in [-0.1, -0.05) is 12.1 Å². The third-order valence-electron chi connectivity index (χ3n) is 5.72. The van der Waals surface area contributed by atoms with E-state index in [0.717, 1.165) is 11.1 Å². The van der Waals surface area contributed by atoms with E-state index < -0.39 is 5.25 Å². The van der Waals surface area contributed by atoms with Crippen molar-refractivity contribution < 1.29 is 28.6 Å². The number of hydrogen-bond donors (Lipinski definition) is 1. The van der Waals surface area contributed by atoms with Gasteiger partial charge in [-0.3, -0.25) is 14.4 Å². The van der Waals surface area contributed by atoms with E-state index in [-0.39, 0.29) is 36.2 Å². The van der Waals surface area contributed by atoms with Crippen molar-refractivity contribution >= 4 is 35.0 Å². The topological polar surface area (TPSA) is 94.2 Å². The van der Waals surface area contributed by atoms with E-state index in [2.05, 4.69) is 5.32 Å². The predicted molar refractivity (Wildman–Crippen MR) is 118 cm³/mol. The number of rotatable bonds is 4. The van der Waals surface area contributed by atoms with Crippen molar-refractivity contribution in [1.82, 2.24) is 4.90 Å². The normalized spacial score (nSPS) is 22.0. The molecule has 0 radical (unpaired) electrons. The zero-order chi connectivity index (χ0) is 22.2. The predicted octanol–water partition coefficient (Wildman–Crippen LogP) is 2.60. The van der Waals surface area contributed by atoms with Crippen LogP contribution in [0.15, 0.2) is 36.4 Å². The minimum absolute atomic E-state index is 0.0107. The molecular weight excluding hydrogens is 432 g/mol. The Morgan fingerprint density at radius 2 is 1.91 bits per heavy atom. The number of nitrogens with zero attached hydrogens (tertiary/aromatic N) is 1. The van der Waals surface area contributed by atoms with Crippen molar-refractivity contribution in [3.05, 3.63) is 53.1 Å². The van der Waals surface area contributed by atoms with Crippen LogP contribution in [-0.4, -0.2) is 53.1 Å². The van der Waals surface area contributed by atoms with Gasteiger partial charge in [-0.2, -0.15) is 0 Å². The number of benzene rings is 2. The van der Waals surface area contributed by atoms with Crippen LogP contribution in [0.3, 0.4) is 0 Å². The number of fused-ring (bicyclic) bond motifs is 2. The molecule has 2 atom stereocenters. The molecule has 1 fully saturated rings. The van der Waals surface area contributed by atoms with Gasteiger partial charge in [0, 0.05) is 17.8 Å². The number of Topliss-reactive ketones (excluding diaryl/α,β-unsaturated/α-hetero) is 1. The molecule has 0 spiro atoms. The fourth-order valence-electron chi connectivity index (χ4n) is 3.99. The molecule has 2 aromatic rings. The van der Waals surface area contributed by atoms with Crippen LogP contribution in [0.25, 0.3) is 0 Å². The lowest BCUT2D eigenvalue weighted by Crippen LogP contribution is -2.28. The minimum Gasteiger partial charge on any atom is -0.454 e. The second kappa shape index (κ2) is 8.48. The Morgan fingerprint density at radius 1 is 1.16 bits per heavy atom. The molecule has 0 aliphatic carbocycles. The molecule has 3 heterocycles. The zero-order valence-corrected chi connectivity index (χ0v) is 18.3. The molecule has 1 saturated heterocycles. The van der Waals surface area contributed by atoms with E-state index in [1.165, 1.54) is 11.8 Å². The summed E-state index contributed by atoms with van der Waals surface area (Å²) in [5.41, 5.74) is 3.01. The molecule has 9 heteroatoms. The molecule has 8 nitrogen and oxygen atoms in total. The molecule has 0 saturated carbocycles. The number of carbonyl (C=O) groups is 3. The monoisotopic (exact) mass is 454 g/mol. The average molecular weight is 455 g/mol. The van der Waals surface area contributed by atoms with Gasteiger partial charge >= 0.3 is 0 Å². The second-order valence-corrected chi connectivity index (χ2v) is 9.50. The van der Waals surface area contributed by atoms with Crippen molar-refractivity contribution in [2.24, 2.45) is 0 Å². The maximum absolute atomic E-state index is 13.1. The molecule has 2 amide bonds. The summed E-state index contributed by atoms with van der Waals surface area (Å²) in [7, 11) is 0. The van der Waals surface area contributed by atoms with Crippen molar-refractivity contribution in [3.63, 3.8) is 0 Å². The summed E-state index contributed by atoms with van der Waals surface area (Å²) in [6.07, 6.45) is 0.424. The number of nitrogens with one attached hydrogen (secondary N) is 1. The number of carbonyl (C=O) groups excluding carboxylic acids is 3. The summed E-state index contributed by atoms with van der Waals surface area (Å²) >= 11 is 1.36. The van der Waals surface area contributed by atoms with Gasteiger partial charge in [0.15, 0.2) is 17.3 Å². The van der Waals surface area contributed by atoms with Crippen LogP contribution in [0.5, 0.6) is 11.5 Å². The summed E-state index contributed by atoms with van der Waals surface area (Å²) in [5, 5.41) is 2.18. The van der Waals surface area contributed by atoms with Gasteiger partial charge in [-0.25, -0.2) is 0 Å². The first-order chi connectivity index (χ1) is 15.5. The van der Waals surface area contributed by atoms with Crippen molar-refractivity contribution in [2.75, 3.05) is 25.4 Å². The number of ether oxygens (including phenoxy) is 3. The molecular formula is C23H22N2O6S. The molecule has 0 aromatic heterocycles. The summed E-state index contributed by atoms with van der Waals surface area (Å²) in [4.78, 5) is 39.3. The highest BCUT2D eigenvalue weighted by atomic mass is 32.2. The first kappa shape index (κ1) is 20.8. The Labute approximate surface area is 189 Å². The molecule has 3 aliphatic rings. The van der Waals surface area contributed by atoms with Gasteiger partial charge in [-0.05, 0) is 48.7 Å². The van der Waals surface area contributed by atoms with Crippen LogP contribution in [0.1, 0.15) is 28.4 Å². The number of hydrogen-bond acceptors (Lipinski definition) is 7. The maximum Gasteiger partial charge on any atom is 0.250 e. The van der Waals surface area contributed by atoms with E-state index in [0.29, 0.717) is 42.4 Å². The summed E-state index contributed by atoms with van der Waals surface area (Å²) < 4.78 is 16.0. The van der Waals surface area contributed by atoms with Crippen LogP contribution < -0.4 is 14.8 Å². The Bertz CT molecular complexity index is 1090. The van der Waals surface area contributed by atoms with Crippen LogP contribution in [0.2, 0.25) is 0 Å². The SMILES string of the molecule is C[C@@H]1S[C@@H](C(=O)Nc2ccc(CN3COCC3=O)cc2)Cc2cc3c(cc2C1=O)OCO3. The average Bonchev–Trinajstić information content (AvgIpc) is 3.38. The standard InChI is InChI=1S/C23H22N2O6S/c1-13-22(27)17-8-19-18(30-12-31-19)6-15(17)7-20(32-13)23(28)24-16-4-2-14(3-5-16)9-25-11-29-10-21(25)26/h2-6,8,13,20H,7,9-12H2,1H3,(H,24,28)/t13-,20+/m0/s1. The highest BCUT2D eigenvalue weighted by Gasteiger charge is 2.34. The summed E-state index contributed by atoms with van der Waals surface area (Å²) in [6, 6.07) is 10.9. The zero-order valence-electron chi connectivity index (χ0n) is 17.5. The minimum atomic E-state index is -0.422. The molecule has 32 heavy (non-hydrogen) atoms. The second-order valence-electron chi connectivity index (χ2n) is 7.95. The van der Waals surface area contributed by atoms with Gasteiger partial charge in [0.2, 0.25) is 12.7 Å². The highest BCUT2D eigenvalue weighted by Crippen LogP contribution is 2.39. The Balaban J connectivity index is 1.29. The van der Waals surface area contributed by atoms with Crippen LogP contribution in [0, 0.1) is 0 Å². The van der Waals surface area contributed by atoms with Gasteiger partial charge < -0.3 is 24.4 Å². The number of thioether (sulfide) groups is 1. The molecule has 3 aliphatic heterocycles. The molecule has 2 aromatic carbocycles. The Kier molecular flexibility index (Phi) is 5.52. The van der Waals surface area contributed by atoms with Gasteiger partial charge in [-0.15, -0.1) is 11.8 Å². The number of amides is 2. The Hall–Kier alpha value is -3.04. The third kappa shape index (κ3) is 4.05. The lowest BCUT2D eigenvalue weighted by Gasteiger charge is -2.17. The van der Waals surface area contributed by atoms with Crippen molar-refractivity contribution in [1.29, 1.82) is 0 Å².